The molecule has 1 heterocycles. The van der Waals surface area contributed by atoms with Gasteiger partial charge in [-0.25, -0.2) is 0 Å². The summed E-state index contributed by atoms with van der Waals surface area (Å²) in [6.07, 6.45) is -0.398. The standard InChI is InChI=1S/C6H12O2S4/c7-5-1-9-10-3-6(8)4-12-11-2-5/h5-8H,1-4H2/t5-,6-. The third kappa shape index (κ3) is 5.14. The van der Waals surface area contributed by atoms with Gasteiger partial charge < -0.3 is 10.2 Å². The zero-order valence-electron chi connectivity index (χ0n) is 6.51. The summed E-state index contributed by atoms with van der Waals surface area (Å²) in [7, 11) is 6.59. The molecule has 0 amide bonds. The Bertz CT molecular complexity index is 98.1. The van der Waals surface area contributed by atoms with Gasteiger partial charge in [-0.3, -0.25) is 0 Å². The lowest BCUT2D eigenvalue weighted by Crippen LogP contribution is -2.16. The first-order chi connectivity index (χ1) is 5.79. The second-order valence-corrected chi connectivity index (χ2v) is 7.55. The zero-order chi connectivity index (χ0) is 8.81. The average Bonchev–Trinajstić information content (AvgIpc) is 2.06. The van der Waals surface area contributed by atoms with Crippen LogP contribution in [0.25, 0.3) is 0 Å². The molecule has 2 N–H and O–H groups in total. The van der Waals surface area contributed by atoms with E-state index in [9.17, 15) is 10.2 Å². The fraction of sp³-hybridized carbons (Fsp3) is 1.00. The number of hydrogen-bond donors (Lipinski definition) is 2. The van der Waals surface area contributed by atoms with E-state index in [-0.39, 0.29) is 12.2 Å². The van der Waals surface area contributed by atoms with Gasteiger partial charge in [0.2, 0.25) is 0 Å². The monoisotopic (exact) mass is 244 g/mol. The molecule has 1 aliphatic rings. The van der Waals surface area contributed by atoms with Crippen LogP contribution in [-0.2, 0) is 0 Å². The van der Waals surface area contributed by atoms with Crippen LogP contribution in [0.3, 0.4) is 0 Å². The van der Waals surface area contributed by atoms with Gasteiger partial charge in [0.25, 0.3) is 0 Å². The third-order valence-electron chi connectivity index (χ3n) is 1.21. The maximum absolute atomic E-state index is 9.37. The first kappa shape index (κ1) is 11.4. The topological polar surface area (TPSA) is 40.5 Å². The average molecular weight is 244 g/mol. The third-order valence-corrected chi connectivity index (χ3v) is 6.26. The lowest BCUT2D eigenvalue weighted by molar-refractivity contribution is 0.223. The Balaban J connectivity index is 2.20. The number of aliphatic hydroxyl groups is 2. The van der Waals surface area contributed by atoms with E-state index in [0.29, 0.717) is 0 Å². The molecule has 1 fully saturated rings. The van der Waals surface area contributed by atoms with Crippen LogP contribution in [0.4, 0.5) is 0 Å². The van der Waals surface area contributed by atoms with Crippen molar-refractivity contribution < 1.29 is 10.2 Å². The Kier molecular flexibility index (Phi) is 6.39. The quantitative estimate of drug-likeness (QED) is 0.629. The van der Waals surface area contributed by atoms with Crippen LogP contribution in [0.5, 0.6) is 0 Å². The maximum atomic E-state index is 9.37. The molecule has 1 aliphatic heterocycles. The van der Waals surface area contributed by atoms with Crippen molar-refractivity contribution in [3.05, 3.63) is 0 Å². The van der Waals surface area contributed by atoms with E-state index in [1.54, 1.807) is 43.2 Å². The van der Waals surface area contributed by atoms with Gasteiger partial charge in [-0.1, -0.05) is 43.2 Å². The normalized spacial score (nSPS) is 34.5. The molecular formula is C6H12O2S4. The van der Waals surface area contributed by atoms with Gasteiger partial charge in [-0.15, -0.1) is 0 Å². The fourth-order valence-electron chi connectivity index (χ4n) is 0.603. The highest BCUT2D eigenvalue weighted by atomic mass is 33.1. The van der Waals surface area contributed by atoms with Crippen LogP contribution >= 0.6 is 43.2 Å². The molecule has 0 aliphatic carbocycles. The smallest absolute Gasteiger partial charge is 0.0737 e. The molecule has 0 aromatic rings. The van der Waals surface area contributed by atoms with Gasteiger partial charge in [0.15, 0.2) is 0 Å². The van der Waals surface area contributed by atoms with Crippen molar-refractivity contribution in [1.29, 1.82) is 0 Å². The second-order valence-electron chi connectivity index (χ2n) is 2.45. The highest BCUT2D eigenvalue weighted by Gasteiger charge is 2.11. The molecule has 6 heteroatoms. The van der Waals surface area contributed by atoms with Crippen LogP contribution < -0.4 is 0 Å². The number of rotatable bonds is 0. The lowest BCUT2D eigenvalue weighted by Gasteiger charge is -2.14. The minimum atomic E-state index is -0.199. The Morgan fingerprint density at radius 2 is 0.917 bits per heavy atom. The highest BCUT2D eigenvalue weighted by Crippen LogP contribution is 2.30. The lowest BCUT2D eigenvalue weighted by atomic mass is 10.5. The van der Waals surface area contributed by atoms with Crippen LogP contribution in [0.2, 0.25) is 0 Å². The fourth-order valence-corrected chi connectivity index (χ4v) is 5.43. The van der Waals surface area contributed by atoms with Crippen molar-refractivity contribution in [2.75, 3.05) is 23.0 Å². The summed E-state index contributed by atoms with van der Waals surface area (Å²) in [4.78, 5) is 0. The molecule has 0 unspecified atom stereocenters. The Morgan fingerprint density at radius 3 is 1.17 bits per heavy atom. The van der Waals surface area contributed by atoms with Crippen molar-refractivity contribution >= 4 is 43.2 Å². The van der Waals surface area contributed by atoms with Gasteiger partial charge in [0.05, 0.1) is 12.2 Å². The molecule has 2 nitrogen and oxygen atoms in total. The van der Waals surface area contributed by atoms with Crippen molar-refractivity contribution in [2.45, 2.75) is 12.2 Å². The highest BCUT2D eigenvalue weighted by molar-refractivity contribution is 8.77. The molecule has 0 atom stereocenters. The van der Waals surface area contributed by atoms with Gasteiger partial charge >= 0.3 is 0 Å². The van der Waals surface area contributed by atoms with Gasteiger partial charge in [-0.05, 0) is 0 Å². The summed E-state index contributed by atoms with van der Waals surface area (Å²) in [6, 6.07) is 0. The van der Waals surface area contributed by atoms with E-state index in [0.717, 1.165) is 23.0 Å². The molecule has 1 saturated heterocycles. The zero-order valence-corrected chi connectivity index (χ0v) is 9.78. The second kappa shape index (κ2) is 6.73. The molecule has 0 aromatic heterocycles. The molecule has 12 heavy (non-hydrogen) atoms. The Hall–Kier alpha value is 1.32. The van der Waals surface area contributed by atoms with Gasteiger partial charge in [0.1, 0.15) is 0 Å². The Labute approximate surface area is 88.4 Å². The van der Waals surface area contributed by atoms with E-state index in [1.165, 1.54) is 0 Å². The maximum Gasteiger partial charge on any atom is 0.0737 e. The number of aliphatic hydroxyl groups excluding tert-OH is 2. The van der Waals surface area contributed by atoms with Crippen molar-refractivity contribution in [3.8, 4) is 0 Å². The first-order valence-electron chi connectivity index (χ1n) is 3.64. The number of hydrogen-bond acceptors (Lipinski definition) is 6. The van der Waals surface area contributed by atoms with Crippen LogP contribution in [0.1, 0.15) is 0 Å². The summed E-state index contributed by atoms with van der Waals surface area (Å²) in [5, 5.41) is 18.7. The SMILES string of the molecule is O[C@H]1CSSC[C@H](O)CSSC1. The molecule has 1 rings (SSSR count). The molecule has 0 bridgehead atoms. The van der Waals surface area contributed by atoms with E-state index < -0.39 is 0 Å². The first-order valence-corrected chi connectivity index (χ1v) is 8.61. The summed E-state index contributed by atoms with van der Waals surface area (Å²) >= 11 is 0. The minimum absolute atomic E-state index is 0.199. The molecule has 0 aromatic carbocycles. The van der Waals surface area contributed by atoms with Crippen molar-refractivity contribution in [2.24, 2.45) is 0 Å². The Morgan fingerprint density at radius 1 is 0.667 bits per heavy atom. The molecule has 72 valence electrons. The molecule has 0 spiro atoms. The summed E-state index contributed by atoms with van der Waals surface area (Å²) in [5.41, 5.74) is 0. The van der Waals surface area contributed by atoms with Crippen molar-refractivity contribution in [1.82, 2.24) is 0 Å². The predicted molar refractivity (Wildman–Crippen MR) is 61.8 cm³/mol. The van der Waals surface area contributed by atoms with E-state index in [2.05, 4.69) is 0 Å². The van der Waals surface area contributed by atoms with E-state index in [4.69, 9.17) is 0 Å². The van der Waals surface area contributed by atoms with Gasteiger partial charge in [0, 0.05) is 23.0 Å². The molecular weight excluding hydrogens is 232 g/mol. The van der Waals surface area contributed by atoms with Crippen LogP contribution in [0.15, 0.2) is 0 Å². The van der Waals surface area contributed by atoms with Gasteiger partial charge in [-0.2, -0.15) is 0 Å². The summed E-state index contributed by atoms with van der Waals surface area (Å²) in [5.74, 6) is 3.08. The largest absolute Gasteiger partial charge is 0.391 e. The van der Waals surface area contributed by atoms with Crippen LogP contribution in [0, 0.1) is 0 Å². The molecule has 0 radical (unpaired) electrons. The predicted octanol–water partition coefficient (Wildman–Crippen LogP) is 1.48. The summed E-state index contributed by atoms with van der Waals surface area (Å²) in [6.45, 7) is 0. The summed E-state index contributed by atoms with van der Waals surface area (Å²) < 4.78 is 0. The van der Waals surface area contributed by atoms with Crippen LogP contribution in [-0.4, -0.2) is 45.4 Å². The van der Waals surface area contributed by atoms with Crippen molar-refractivity contribution in [3.63, 3.8) is 0 Å². The van der Waals surface area contributed by atoms with E-state index in [1.807, 2.05) is 0 Å². The van der Waals surface area contributed by atoms with E-state index >= 15 is 0 Å². The minimum Gasteiger partial charge on any atom is -0.391 e. The molecule has 0 saturated carbocycles.